The Morgan fingerprint density at radius 2 is 1.93 bits per heavy atom. The first-order chi connectivity index (χ1) is 7.15. The molecule has 0 radical (unpaired) electrons. The molecule has 82 valence electrons. The molecule has 2 saturated carbocycles. The zero-order chi connectivity index (χ0) is 10.6. The van der Waals surface area contributed by atoms with E-state index in [1.54, 1.807) is 11.3 Å². The quantitative estimate of drug-likeness (QED) is 0.839. The van der Waals surface area contributed by atoms with Crippen LogP contribution in [0.15, 0.2) is 14.3 Å². The van der Waals surface area contributed by atoms with Gasteiger partial charge in [0.05, 0.1) is 9.89 Å². The SMILES string of the molecule is OC(c1cc(Br)c(Br)s1)C1CC2CC2C1. The summed E-state index contributed by atoms with van der Waals surface area (Å²) in [6.07, 6.45) is 3.64. The monoisotopic (exact) mass is 350 g/mol. The molecule has 1 heterocycles. The molecule has 1 aromatic rings. The molecule has 0 spiro atoms. The molecule has 0 aliphatic heterocycles. The lowest BCUT2D eigenvalue weighted by Gasteiger charge is -2.17. The van der Waals surface area contributed by atoms with Crippen LogP contribution in [0, 0.1) is 17.8 Å². The second-order valence-electron chi connectivity index (χ2n) is 4.70. The van der Waals surface area contributed by atoms with Gasteiger partial charge in [-0.1, -0.05) is 0 Å². The molecule has 3 rings (SSSR count). The van der Waals surface area contributed by atoms with E-state index in [-0.39, 0.29) is 6.10 Å². The van der Waals surface area contributed by atoms with E-state index in [2.05, 4.69) is 31.9 Å². The topological polar surface area (TPSA) is 20.2 Å². The minimum Gasteiger partial charge on any atom is -0.387 e. The van der Waals surface area contributed by atoms with Crippen molar-refractivity contribution in [2.24, 2.45) is 17.8 Å². The first-order valence-electron chi connectivity index (χ1n) is 5.28. The van der Waals surface area contributed by atoms with Crippen molar-refractivity contribution in [1.29, 1.82) is 0 Å². The molecular weight excluding hydrogens is 340 g/mol. The second-order valence-corrected chi connectivity index (χ2v) is 7.96. The van der Waals surface area contributed by atoms with Gasteiger partial charge in [0.25, 0.3) is 0 Å². The van der Waals surface area contributed by atoms with Crippen LogP contribution in [0.2, 0.25) is 0 Å². The third kappa shape index (κ3) is 1.94. The summed E-state index contributed by atoms with van der Waals surface area (Å²) in [5.41, 5.74) is 0. The lowest BCUT2D eigenvalue weighted by molar-refractivity contribution is 0.108. The predicted molar refractivity (Wildman–Crippen MR) is 69.0 cm³/mol. The Labute approximate surface area is 110 Å². The van der Waals surface area contributed by atoms with Gasteiger partial charge in [-0.3, -0.25) is 0 Å². The maximum atomic E-state index is 10.3. The number of rotatable bonds is 2. The van der Waals surface area contributed by atoms with Crippen LogP contribution in [0.5, 0.6) is 0 Å². The van der Waals surface area contributed by atoms with Crippen molar-refractivity contribution in [2.45, 2.75) is 25.4 Å². The van der Waals surface area contributed by atoms with Crippen LogP contribution in [0.1, 0.15) is 30.2 Å². The van der Waals surface area contributed by atoms with E-state index in [9.17, 15) is 5.11 Å². The molecule has 3 unspecified atom stereocenters. The number of fused-ring (bicyclic) bond motifs is 1. The fourth-order valence-electron chi connectivity index (χ4n) is 2.76. The number of thiophene rings is 1. The number of halogens is 2. The lowest BCUT2D eigenvalue weighted by Crippen LogP contribution is -2.09. The van der Waals surface area contributed by atoms with Crippen LogP contribution >= 0.6 is 43.2 Å². The smallest absolute Gasteiger partial charge is 0.0911 e. The Bertz CT molecular complexity index is 360. The Balaban J connectivity index is 1.76. The second kappa shape index (κ2) is 3.83. The molecule has 2 aliphatic carbocycles. The zero-order valence-corrected chi connectivity index (χ0v) is 12.1. The van der Waals surface area contributed by atoms with E-state index in [4.69, 9.17) is 0 Å². The summed E-state index contributed by atoms with van der Waals surface area (Å²) in [6.45, 7) is 0. The first kappa shape index (κ1) is 10.8. The largest absolute Gasteiger partial charge is 0.387 e. The predicted octanol–water partition coefficient (Wildman–Crippen LogP) is 4.35. The van der Waals surface area contributed by atoms with Crippen molar-refractivity contribution in [3.05, 3.63) is 19.2 Å². The molecule has 0 aromatic carbocycles. The summed E-state index contributed by atoms with van der Waals surface area (Å²) in [4.78, 5) is 1.10. The summed E-state index contributed by atoms with van der Waals surface area (Å²) in [5, 5.41) is 10.3. The van der Waals surface area contributed by atoms with Crippen LogP contribution in [0.3, 0.4) is 0 Å². The summed E-state index contributed by atoms with van der Waals surface area (Å²) in [7, 11) is 0. The molecule has 4 heteroatoms. The lowest BCUT2D eigenvalue weighted by atomic mass is 9.96. The van der Waals surface area contributed by atoms with Crippen molar-refractivity contribution < 1.29 is 5.11 Å². The normalized spacial score (nSPS) is 35.3. The van der Waals surface area contributed by atoms with Crippen molar-refractivity contribution >= 4 is 43.2 Å². The minimum atomic E-state index is -0.245. The molecule has 2 fully saturated rings. The van der Waals surface area contributed by atoms with Crippen LogP contribution in [-0.2, 0) is 0 Å². The highest BCUT2D eigenvalue weighted by atomic mass is 79.9. The zero-order valence-electron chi connectivity index (χ0n) is 8.12. The summed E-state index contributed by atoms with van der Waals surface area (Å²) in [5.74, 6) is 2.39. The van der Waals surface area contributed by atoms with Crippen LogP contribution < -0.4 is 0 Å². The van der Waals surface area contributed by atoms with Crippen molar-refractivity contribution in [3.8, 4) is 0 Å². The van der Waals surface area contributed by atoms with Gasteiger partial charge in [0.15, 0.2) is 0 Å². The molecular formula is C11H12Br2OS. The molecule has 1 aromatic heterocycles. The van der Waals surface area contributed by atoms with E-state index < -0.39 is 0 Å². The van der Waals surface area contributed by atoms with Crippen LogP contribution in [-0.4, -0.2) is 5.11 Å². The highest BCUT2D eigenvalue weighted by Crippen LogP contribution is 2.57. The van der Waals surface area contributed by atoms with Crippen molar-refractivity contribution in [3.63, 3.8) is 0 Å². The Hall–Kier alpha value is 0.620. The first-order valence-corrected chi connectivity index (χ1v) is 7.68. The van der Waals surface area contributed by atoms with Crippen LogP contribution in [0.4, 0.5) is 0 Å². The minimum absolute atomic E-state index is 0.245. The van der Waals surface area contributed by atoms with Gasteiger partial charge in [-0.15, -0.1) is 11.3 Å². The van der Waals surface area contributed by atoms with E-state index in [1.807, 2.05) is 6.07 Å². The molecule has 1 N–H and O–H groups in total. The number of hydrogen-bond donors (Lipinski definition) is 1. The van der Waals surface area contributed by atoms with Gasteiger partial charge in [0.2, 0.25) is 0 Å². The fourth-order valence-corrected chi connectivity index (χ4v) is 4.93. The average molecular weight is 352 g/mol. The molecule has 0 saturated heterocycles. The van der Waals surface area contributed by atoms with Gasteiger partial charge in [-0.2, -0.15) is 0 Å². The number of hydrogen-bond acceptors (Lipinski definition) is 2. The maximum Gasteiger partial charge on any atom is 0.0911 e. The Morgan fingerprint density at radius 3 is 2.47 bits per heavy atom. The van der Waals surface area contributed by atoms with Crippen molar-refractivity contribution in [2.75, 3.05) is 0 Å². The van der Waals surface area contributed by atoms with Gasteiger partial charge >= 0.3 is 0 Å². The summed E-state index contributed by atoms with van der Waals surface area (Å²) in [6, 6.07) is 2.04. The molecule has 3 atom stereocenters. The van der Waals surface area contributed by atoms with Gasteiger partial charge in [0, 0.05) is 9.35 Å². The van der Waals surface area contributed by atoms with E-state index >= 15 is 0 Å². The molecule has 1 nitrogen and oxygen atoms in total. The van der Waals surface area contributed by atoms with E-state index in [0.29, 0.717) is 5.92 Å². The third-order valence-electron chi connectivity index (χ3n) is 3.68. The Kier molecular flexibility index (Phi) is 2.74. The van der Waals surface area contributed by atoms with Gasteiger partial charge in [-0.05, 0) is 74.9 Å². The van der Waals surface area contributed by atoms with E-state index in [0.717, 1.165) is 25.0 Å². The highest BCUT2D eigenvalue weighted by molar-refractivity contribution is 9.13. The third-order valence-corrected chi connectivity index (χ3v) is 7.01. The molecule has 0 amide bonds. The highest BCUT2D eigenvalue weighted by Gasteiger charge is 2.48. The summed E-state index contributed by atoms with van der Waals surface area (Å²) >= 11 is 8.59. The Morgan fingerprint density at radius 1 is 1.27 bits per heavy atom. The maximum absolute atomic E-state index is 10.3. The number of aliphatic hydroxyl groups excluding tert-OH is 1. The summed E-state index contributed by atoms with van der Waals surface area (Å²) < 4.78 is 2.14. The van der Waals surface area contributed by atoms with Gasteiger partial charge < -0.3 is 5.11 Å². The van der Waals surface area contributed by atoms with Gasteiger partial charge in [-0.25, -0.2) is 0 Å². The van der Waals surface area contributed by atoms with E-state index in [1.165, 1.54) is 19.3 Å². The average Bonchev–Trinajstić information content (AvgIpc) is 2.66. The molecule has 0 bridgehead atoms. The molecule has 2 aliphatic rings. The standard InChI is InChI=1S/C11H12Br2OS/c12-8-4-9(15-11(8)13)10(14)7-2-5-1-6(5)3-7/h4-7,10,14H,1-3H2. The van der Waals surface area contributed by atoms with Crippen molar-refractivity contribution in [1.82, 2.24) is 0 Å². The molecule has 15 heavy (non-hydrogen) atoms. The van der Waals surface area contributed by atoms with Crippen LogP contribution in [0.25, 0.3) is 0 Å². The fraction of sp³-hybridized carbons (Fsp3) is 0.636. The number of aliphatic hydroxyl groups is 1. The van der Waals surface area contributed by atoms with Gasteiger partial charge in [0.1, 0.15) is 0 Å².